The lowest BCUT2D eigenvalue weighted by Crippen LogP contribution is -2.05. The number of rotatable bonds is 6. The molecule has 1 aromatic carbocycles. The number of hydrogen-bond acceptors (Lipinski definition) is 3. The van der Waals surface area contributed by atoms with E-state index in [9.17, 15) is 0 Å². The van der Waals surface area contributed by atoms with Crippen LogP contribution in [0, 0.1) is 0 Å². The van der Waals surface area contributed by atoms with E-state index in [1.165, 1.54) is 19.3 Å². The molecule has 0 aliphatic rings. The molecule has 0 heterocycles. The lowest BCUT2D eigenvalue weighted by Gasteiger charge is -2.11. The van der Waals surface area contributed by atoms with Crippen LogP contribution in [0.25, 0.3) is 0 Å². The number of para-hydroxylation sites is 1. The Bertz CT molecular complexity index is 300. The van der Waals surface area contributed by atoms with Gasteiger partial charge < -0.3 is 15.8 Å². The van der Waals surface area contributed by atoms with Crippen molar-refractivity contribution in [1.29, 1.82) is 0 Å². The van der Waals surface area contributed by atoms with Gasteiger partial charge in [0.25, 0.3) is 0 Å². The maximum atomic E-state index is 5.92. The van der Waals surface area contributed by atoms with Crippen molar-refractivity contribution in [3.05, 3.63) is 18.2 Å². The van der Waals surface area contributed by atoms with Crippen molar-refractivity contribution in [2.45, 2.75) is 26.2 Å². The van der Waals surface area contributed by atoms with Crippen LogP contribution in [0.2, 0.25) is 0 Å². The van der Waals surface area contributed by atoms with Crippen LogP contribution in [-0.4, -0.2) is 13.7 Å². The fourth-order valence-corrected chi connectivity index (χ4v) is 1.47. The summed E-state index contributed by atoms with van der Waals surface area (Å²) in [6.07, 6.45) is 3.65. The van der Waals surface area contributed by atoms with Gasteiger partial charge in [0.2, 0.25) is 0 Å². The predicted molar refractivity (Wildman–Crippen MR) is 65.4 cm³/mol. The normalized spacial score (nSPS) is 10.0. The molecule has 0 saturated carbocycles. The van der Waals surface area contributed by atoms with Crippen LogP contribution < -0.4 is 15.8 Å². The Morgan fingerprint density at radius 2 is 2.13 bits per heavy atom. The van der Waals surface area contributed by atoms with Crippen molar-refractivity contribution in [3.8, 4) is 5.75 Å². The van der Waals surface area contributed by atoms with Crippen LogP contribution in [0.4, 0.5) is 11.4 Å². The molecule has 0 atom stereocenters. The molecule has 3 N–H and O–H groups in total. The molecule has 0 saturated heterocycles. The number of nitrogens with one attached hydrogen (secondary N) is 1. The molecule has 1 rings (SSSR count). The van der Waals surface area contributed by atoms with Gasteiger partial charge >= 0.3 is 0 Å². The largest absolute Gasteiger partial charge is 0.495 e. The van der Waals surface area contributed by atoms with Gasteiger partial charge in [-0.05, 0) is 18.6 Å². The molecule has 0 spiro atoms. The standard InChI is InChI=1S/C12H20N2O/c1-3-4-5-9-14-10-7-6-8-11(15-2)12(10)13/h6-8,14H,3-5,9,13H2,1-2H3. The number of nitrogens with two attached hydrogens (primary N) is 1. The van der Waals surface area contributed by atoms with Gasteiger partial charge in [0.15, 0.2) is 0 Å². The lowest BCUT2D eigenvalue weighted by atomic mass is 10.2. The highest BCUT2D eigenvalue weighted by Crippen LogP contribution is 2.28. The third-order valence-electron chi connectivity index (χ3n) is 2.38. The van der Waals surface area contributed by atoms with E-state index in [1.807, 2.05) is 18.2 Å². The minimum atomic E-state index is 0.691. The summed E-state index contributed by atoms with van der Waals surface area (Å²) in [7, 11) is 1.63. The molecule has 1 aromatic rings. The van der Waals surface area contributed by atoms with Crippen molar-refractivity contribution >= 4 is 11.4 Å². The van der Waals surface area contributed by atoms with E-state index < -0.39 is 0 Å². The number of methoxy groups -OCH3 is 1. The average Bonchev–Trinajstić information content (AvgIpc) is 2.26. The molecule has 0 aliphatic heterocycles. The molecule has 0 bridgehead atoms. The summed E-state index contributed by atoms with van der Waals surface area (Å²) in [6.45, 7) is 3.16. The van der Waals surface area contributed by atoms with Crippen LogP contribution in [0.3, 0.4) is 0 Å². The zero-order chi connectivity index (χ0) is 11.1. The smallest absolute Gasteiger partial charge is 0.143 e. The van der Waals surface area contributed by atoms with Gasteiger partial charge in [-0.15, -0.1) is 0 Å². The van der Waals surface area contributed by atoms with Crippen LogP contribution >= 0.6 is 0 Å². The molecule has 84 valence electrons. The topological polar surface area (TPSA) is 47.3 Å². The first-order valence-corrected chi connectivity index (χ1v) is 5.46. The predicted octanol–water partition coefficient (Wildman–Crippen LogP) is 2.88. The van der Waals surface area contributed by atoms with Gasteiger partial charge in [-0.2, -0.15) is 0 Å². The molecular weight excluding hydrogens is 188 g/mol. The summed E-state index contributed by atoms with van der Waals surface area (Å²) in [5, 5.41) is 3.32. The second kappa shape index (κ2) is 6.17. The Hall–Kier alpha value is -1.38. The molecule has 0 aromatic heterocycles. The Kier molecular flexibility index (Phi) is 4.81. The Morgan fingerprint density at radius 3 is 2.80 bits per heavy atom. The van der Waals surface area contributed by atoms with E-state index in [1.54, 1.807) is 7.11 Å². The first kappa shape index (κ1) is 11.7. The molecule has 0 unspecified atom stereocenters. The maximum absolute atomic E-state index is 5.92. The molecule has 0 radical (unpaired) electrons. The van der Waals surface area contributed by atoms with E-state index in [-0.39, 0.29) is 0 Å². The van der Waals surface area contributed by atoms with Crippen molar-refractivity contribution in [2.75, 3.05) is 24.7 Å². The first-order chi connectivity index (χ1) is 7.29. The van der Waals surface area contributed by atoms with Gasteiger partial charge in [0.1, 0.15) is 5.75 Å². The van der Waals surface area contributed by atoms with Gasteiger partial charge in [-0.1, -0.05) is 25.8 Å². The summed E-state index contributed by atoms with van der Waals surface area (Å²) < 4.78 is 5.15. The number of ether oxygens (including phenoxy) is 1. The second-order valence-electron chi connectivity index (χ2n) is 3.56. The maximum Gasteiger partial charge on any atom is 0.143 e. The van der Waals surface area contributed by atoms with Gasteiger partial charge in [-0.3, -0.25) is 0 Å². The molecular formula is C12H20N2O. The van der Waals surface area contributed by atoms with Crippen LogP contribution in [0.15, 0.2) is 18.2 Å². The van der Waals surface area contributed by atoms with Crippen molar-refractivity contribution in [3.63, 3.8) is 0 Å². The molecule has 3 nitrogen and oxygen atoms in total. The number of benzene rings is 1. The third kappa shape index (κ3) is 3.35. The van der Waals surface area contributed by atoms with Crippen molar-refractivity contribution < 1.29 is 4.74 Å². The SMILES string of the molecule is CCCCCNc1cccc(OC)c1N. The van der Waals surface area contributed by atoms with Crippen LogP contribution in [0.1, 0.15) is 26.2 Å². The van der Waals surface area contributed by atoms with Gasteiger partial charge in [0, 0.05) is 6.54 Å². The zero-order valence-corrected chi connectivity index (χ0v) is 9.55. The number of nitrogen functional groups attached to an aromatic ring is 1. The summed E-state index contributed by atoms with van der Waals surface area (Å²) >= 11 is 0. The lowest BCUT2D eigenvalue weighted by molar-refractivity contribution is 0.417. The highest BCUT2D eigenvalue weighted by Gasteiger charge is 2.03. The average molecular weight is 208 g/mol. The first-order valence-electron chi connectivity index (χ1n) is 5.46. The highest BCUT2D eigenvalue weighted by atomic mass is 16.5. The summed E-state index contributed by atoms with van der Waals surface area (Å²) in [5.41, 5.74) is 7.58. The van der Waals surface area contributed by atoms with Crippen molar-refractivity contribution in [1.82, 2.24) is 0 Å². The van der Waals surface area contributed by atoms with E-state index >= 15 is 0 Å². The minimum absolute atomic E-state index is 0.691. The zero-order valence-electron chi connectivity index (χ0n) is 9.55. The summed E-state index contributed by atoms with van der Waals surface area (Å²) in [5.74, 6) is 0.732. The van der Waals surface area contributed by atoms with Gasteiger partial charge in [0.05, 0.1) is 18.5 Å². The second-order valence-corrected chi connectivity index (χ2v) is 3.56. The number of hydrogen-bond donors (Lipinski definition) is 2. The van der Waals surface area contributed by atoms with Crippen molar-refractivity contribution in [2.24, 2.45) is 0 Å². The minimum Gasteiger partial charge on any atom is -0.495 e. The molecule has 3 heteroatoms. The number of unbranched alkanes of at least 4 members (excludes halogenated alkanes) is 2. The Morgan fingerprint density at radius 1 is 1.33 bits per heavy atom. The quantitative estimate of drug-likeness (QED) is 0.558. The molecule has 15 heavy (non-hydrogen) atoms. The van der Waals surface area contributed by atoms with E-state index in [0.29, 0.717) is 5.69 Å². The van der Waals surface area contributed by atoms with Gasteiger partial charge in [-0.25, -0.2) is 0 Å². The van der Waals surface area contributed by atoms with E-state index in [2.05, 4.69) is 12.2 Å². The van der Waals surface area contributed by atoms with Crippen LogP contribution in [0.5, 0.6) is 5.75 Å². The highest BCUT2D eigenvalue weighted by molar-refractivity contribution is 5.72. The molecule has 0 amide bonds. The molecule has 0 fully saturated rings. The van der Waals surface area contributed by atoms with E-state index in [0.717, 1.165) is 18.0 Å². The molecule has 0 aliphatic carbocycles. The summed E-state index contributed by atoms with van der Waals surface area (Å²) in [4.78, 5) is 0. The fraction of sp³-hybridized carbons (Fsp3) is 0.500. The Balaban J connectivity index is 2.53. The van der Waals surface area contributed by atoms with Crippen LogP contribution in [-0.2, 0) is 0 Å². The Labute approximate surface area is 91.6 Å². The van der Waals surface area contributed by atoms with E-state index in [4.69, 9.17) is 10.5 Å². The fourth-order valence-electron chi connectivity index (χ4n) is 1.47. The summed E-state index contributed by atoms with van der Waals surface area (Å²) in [6, 6.07) is 5.79. The third-order valence-corrected chi connectivity index (χ3v) is 2.38. The monoisotopic (exact) mass is 208 g/mol. The number of anilines is 2.